The molecule has 3 nitrogen and oxygen atoms in total. The van der Waals surface area contributed by atoms with Gasteiger partial charge in [0.15, 0.2) is 0 Å². The number of aryl methyl sites for hydroxylation is 1. The zero-order valence-electron chi connectivity index (χ0n) is 10.6. The van der Waals surface area contributed by atoms with Crippen molar-refractivity contribution in [3.63, 3.8) is 0 Å². The Morgan fingerprint density at radius 1 is 1.28 bits per heavy atom. The fraction of sp³-hybridized carbons (Fsp3) is 0.500. The molecule has 0 spiro atoms. The van der Waals surface area contributed by atoms with Crippen LogP contribution in [0.4, 0.5) is 4.39 Å². The van der Waals surface area contributed by atoms with Gasteiger partial charge in [0.25, 0.3) is 0 Å². The van der Waals surface area contributed by atoms with Crippen molar-refractivity contribution in [2.75, 3.05) is 0 Å². The van der Waals surface area contributed by atoms with E-state index in [9.17, 15) is 4.39 Å². The number of imidazole rings is 1. The third-order valence-electron chi connectivity index (χ3n) is 4.03. The molecule has 0 amide bonds. The molecule has 0 aliphatic heterocycles. The maximum atomic E-state index is 13.2. The maximum Gasteiger partial charge on any atom is 0.129 e. The third kappa shape index (κ3) is 1.72. The number of fused-ring (bicyclic) bond motifs is 1. The molecule has 1 aromatic carbocycles. The van der Waals surface area contributed by atoms with E-state index in [4.69, 9.17) is 5.73 Å². The van der Waals surface area contributed by atoms with E-state index >= 15 is 0 Å². The van der Waals surface area contributed by atoms with Crippen LogP contribution in [0.3, 0.4) is 0 Å². The summed E-state index contributed by atoms with van der Waals surface area (Å²) in [5.74, 6) is 0.643. The minimum Gasteiger partial charge on any atom is -0.330 e. The Morgan fingerprint density at radius 2 is 2.00 bits per heavy atom. The Hall–Kier alpha value is -1.42. The summed E-state index contributed by atoms with van der Waals surface area (Å²) in [7, 11) is 1.96. The lowest BCUT2D eigenvalue weighted by molar-refractivity contribution is 0.282. The van der Waals surface area contributed by atoms with Crippen LogP contribution in [-0.2, 0) is 12.6 Å². The highest BCUT2D eigenvalue weighted by molar-refractivity contribution is 5.76. The van der Waals surface area contributed by atoms with Crippen LogP contribution in [0.15, 0.2) is 18.2 Å². The van der Waals surface area contributed by atoms with Gasteiger partial charge in [-0.2, -0.15) is 0 Å². The summed E-state index contributed by atoms with van der Waals surface area (Å²) >= 11 is 0. The molecule has 0 unspecified atom stereocenters. The first-order valence-corrected chi connectivity index (χ1v) is 6.51. The van der Waals surface area contributed by atoms with Crippen molar-refractivity contribution in [1.82, 2.24) is 9.55 Å². The Bertz CT molecular complexity index is 582. The fourth-order valence-corrected chi connectivity index (χ4v) is 3.02. The molecule has 18 heavy (non-hydrogen) atoms. The van der Waals surface area contributed by atoms with E-state index in [1.807, 2.05) is 11.6 Å². The molecule has 0 bridgehead atoms. The van der Waals surface area contributed by atoms with Gasteiger partial charge >= 0.3 is 0 Å². The van der Waals surface area contributed by atoms with Crippen LogP contribution < -0.4 is 5.73 Å². The SMILES string of the molecule is Cn1c(C2(N)CCCCC2)nc2cc(F)ccc21. The predicted octanol–water partition coefficient (Wildman–Crippen LogP) is 2.83. The minimum atomic E-state index is -0.345. The van der Waals surface area contributed by atoms with Gasteiger partial charge in [-0.1, -0.05) is 19.3 Å². The zero-order valence-corrected chi connectivity index (χ0v) is 10.6. The van der Waals surface area contributed by atoms with Crippen molar-refractivity contribution in [2.45, 2.75) is 37.6 Å². The lowest BCUT2D eigenvalue weighted by Crippen LogP contribution is -2.41. The van der Waals surface area contributed by atoms with Gasteiger partial charge in [-0.25, -0.2) is 9.37 Å². The van der Waals surface area contributed by atoms with Crippen molar-refractivity contribution in [1.29, 1.82) is 0 Å². The number of hydrogen-bond donors (Lipinski definition) is 1. The summed E-state index contributed by atoms with van der Waals surface area (Å²) in [5.41, 5.74) is 7.80. The summed E-state index contributed by atoms with van der Waals surface area (Å²) in [6.45, 7) is 0. The monoisotopic (exact) mass is 247 g/mol. The summed E-state index contributed by atoms with van der Waals surface area (Å²) in [6, 6.07) is 4.72. The number of halogens is 1. The van der Waals surface area contributed by atoms with Crippen LogP contribution in [0.25, 0.3) is 11.0 Å². The van der Waals surface area contributed by atoms with Gasteiger partial charge in [-0.3, -0.25) is 0 Å². The molecule has 3 rings (SSSR count). The van der Waals surface area contributed by atoms with E-state index in [-0.39, 0.29) is 11.4 Å². The Morgan fingerprint density at radius 3 is 2.72 bits per heavy atom. The third-order valence-corrected chi connectivity index (χ3v) is 4.03. The summed E-state index contributed by atoms with van der Waals surface area (Å²) < 4.78 is 15.2. The summed E-state index contributed by atoms with van der Waals surface area (Å²) in [6.07, 6.45) is 5.47. The predicted molar refractivity (Wildman–Crippen MR) is 69.6 cm³/mol. The second-order valence-corrected chi connectivity index (χ2v) is 5.34. The van der Waals surface area contributed by atoms with Gasteiger partial charge in [0.05, 0.1) is 16.6 Å². The first kappa shape index (κ1) is 11.7. The molecule has 0 atom stereocenters. The van der Waals surface area contributed by atoms with Gasteiger partial charge in [0.2, 0.25) is 0 Å². The molecule has 4 heteroatoms. The molecule has 1 saturated carbocycles. The van der Waals surface area contributed by atoms with Gasteiger partial charge in [-0.15, -0.1) is 0 Å². The van der Waals surface area contributed by atoms with E-state index < -0.39 is 0 Å². The van der Waals surface area contributed by atoms with E-state index in [0.717, 1.165) is 37.0 Å². The average molecular weight is 247 g/mol. The Kier molecular flexibility index (Phi) is 2.63. The van der Waals surface area contributed by atoms with Crippen molar-refractivity contribution < 1.29 is 4.39 Å². The van der Waals surface area contributed by atoms with Crippen molar-refractivity contribution >= 4 is 11.0 Å². The highest BCUT2D eigenvalue weighted by Gasteiger charge is 2.33. The lowest BCUT2D eigenvalue weighted by atomic mass is 9.82. The van der Waals surface area contributed by atoms with E-state index in [1.165, 1.54) is 18.6 Å². The van der Waals surface area contributed by atoms with Crippen LogP contribution in [0.5, 0.6) is 0 Å². The highest BCUT2D eigenvalue weighted by Crippen LogP contribution is 2.35. The van der Waals surface area contributed by atoms with E-state index in [1.54, 1.807) is 6.07 Å². The standard InChI is InChI=1S/C14H18FN3/c1-18-12-6-5-10(15)9-11(12)17-13(18)14(16)7-3-2-4-8-14/h5-6,9H,2-4,7-8,16H2,1H3. The zero-order chi connectivity index (χ0) is 12.8. The van der Waals surface area contributed by atoms with E-state index in [0.29, 0.717) is 5.52 Å². The topological polar surface area (TPSA) is 43.8 Å². The molecule has 0 radical (unpaired) electrons. The van der Waals surface area contributed by atoms with Gasteiger partial charge < -0.3 is 10.3 Å². The number of rotatable bonds is 1. The molecule has 1 heterocycles. The summed E-state index contributed by atoms with van der Waals surface area (Å²) in [5, 5.41) is 0. The van der Waals surface area contributed by atoms with Gasteiger partial charge in [-0.05, 0) is 25.0 Å². The van der Waals surface area contributed by atoms with Crippen LogP contribution in [0.2, 0.25) is 0 Å². The first-order chi connectivity index (χ1) is 8.60. The smallest absolute Gasteiger partial charge is 0.129 e. The van der Waals surface area contributed by atoms with Gasteiger partial charge in [0, 0.05) is 13.1 Å². The van der Waals surface area contributed by atoms with Gasteiger partial charge in [0.1, 0.15) is 11.6 Å². The molecule has 1 fully saturated rings. The quantitative estimate of drug-likeness (QED) is 0.842. The minimum absolute atomic E-state index is 0.248. The molecular weight excluding hydrogens is 229 g/mol. The normalized spacial score (nSPS) is 19.3. The molecule has 0 saturated heterocycles. The lowest BCUT2D eigenvalue weighted by Gasteiger charge is -2.32. The highest BCUT2D eigenvalue weighted by atomic mass is 19.1. The van der Waals surface area contributed by atoms with Crippen LogP contribution in [0, 0.1) is 5.82 Å². The number of nitrogens with two attached hydrogens (primary N) is 1. The maximum absolute atomic E-state index is 13.2. The average Bonchev–Trinajstić information content (AvgIpc) is 2.68. The Labute approximate surface area is 106 Å². The molecule has 1 aromatic heterocycles. The fourth-order valence-electron chi connectivity index (χ4n) is 3.02. The number of benzene rings is 1. The largest absolute Gasteiger partial charge is 0.330 e. The molecule has 2 N–H and O–H groups in total. The van der Waals surface area contributed by atoms with Crippen molar-refractivity contribution in [2.24, 2.45) is 12.8 Å². The molecular formula is C14H18FN3. The molecule has 1 aliphatic rings. The van der Waals surface area contributed by atoms with Crippen molar-refractivity contribution in [3.8, 4) is 0 Å². The molecule has 1 aliphatic carbocycles. The molecule has 2 aromatic rings. The van der Waals surface area contributed by atoms with Crippen LogP contribution in [-0.4, -0.2) is 9.55 Å². The summed E-state index contributed by atoms with van der Waals surface area (Å²) in [4.78, 5) is 4.57. The Balaban J connectivity index is 2.14. The second-order valence-electron chi connectivity index (χ2n) is 5.34. The number of nitrogens with zero attached hydrogens (tertiary/aromatic N) is 2. The van der Waals surface area contributed by atoms with Crippen molar-refractivity contribution in [3.05, 3.63) is 29.8 Å². The van der Waals surface area contributed by atoms with Crippen LogP contribution in [0.1, 0.15) is 37.9 Å². The number of hydrogen-bond acceptors (Lipinski definition) is 2. The number of aromatic nitrogens is 2. The van der Waals surface area contributed by atoms with E-state index in [2.05, 4.69) is 4.98 Å². The molecule has 96 valence electrons. The second kappa shape index (κ2) is 4.05. The van der Waals surface area contributed by atoms with Crippen LogP contribution >= 0.6 is 0 Å². The first-order valence-electron chi connectivity index (χ1n) is 6.51.